The topological polar surface area (TPSA) is 58.1 Å². The Morgan fingerprint density at radius 2 is 2.21 bits per heavy atom. The van der Waals surface area contributed by atoms with E-state index in [0.29, 0.717) is 17.7 Å². The summed E-state index contributed by atoms with van der Waals surface area (Å²) in [6.07, 6.45) is 2.10. The zero-order valence-electron chi connectivity index (χ0n) is 11.9. The summed E-state index contributed by atoms with van der Waals surface area (Å²) < 4.78 is 0. The Kier molecular flexibility index (Phi) is 4.35. The van der Waals surface area contributed by atoms with Gasteiger partial charge in [-0.1, -0.05) is 13.8 Å². The van der Waals surface area contributed by atoms with Crippen LogP contribution in [0.3, 0.4) is 0 Å². The summed E-state index contributed by atoms with van der Waals surface area (Å²) >= 11 is 0. The van der Waals surface area contributed by atoms with Crippen LogP contribution >= 0.6 is 0 Å². The molecule has 1 aromatic heterocycles. The van der Waals surface area contributed by atoms with Crippen molar-refractivity contribution in [3.05, 3.63) is 17.8 Å². The van der Waals surface area contributed by atoms with Crippen molar-refractivity contribution >= 4 is 11.7 Å². The molecular weight excluding hydrogens is 240 g/mol. The van der Waals surface area contributed by atoms with E-state index in [1.165, 1.54) is 0 Å². The van der Waals surface area contributed by atoms with E-state index >= 15 is 0 Å². The van der Waals surface area contributed by atoms with Gasteiger partial charge >= 0.3 is 0 Å². The van der Waals surface area contributed by atoms with Gasteiger partial charge in [-0.3, -0.25) is 4.79 Å². The van der Waals surface area contributed by atoms with Gasteiger partial charge in [-0.05, 0) is 37.8 Å². The zero-order valence-corrected chi connectivity index (χ0v) is 11.9. The Balaban J connectivity index is 2.03. The molecule has 1 aliphatic rings. The lowest BCUT2D eigenvalue weighted by molar-refractivity contribution is 0.0736. The van der Waals surface area contributed by atoms with Crippen LogP contribution in [0.5, 0.6) is 0 Å². The second kappa shape index (κ2) is 5.99. The fourth-order valence-corrected chi connectivity index (χ4v) is 2.52. The summed E-state index contributed by atoms with van der Waals surface area (Å²) in [5, 5.41) is 11.2. The maximum atomic E-state index is 12.3. The molecule has 0 spiro atoms. The molecule has 19 heavy (non-hydrogen) atoms. The van der Waals surface area contributed by atoms with Gasteiger partial charge in [0.15, 0.2) is 5.69 Å². The molecule has 0 aliphatic carbocycles. The Morgan fingerprint density at radius 1 is 1.42 bits per heavy atom. The van der Waals surface area contributed by atoms with Gasteiger partial charge in [-0.15, -0.1) is 10.2 Å². The number of hydrogen-bond acceptors (Lipinski definition) is 4. The monoisotopic (exact) mass is 262 g/mol. The van der Waals surface area contributed by atoms with E-state index in [0.717, 1.165) is 31.7 Å². The molecule has 104 valence electrons. The first-order valence-corrected chi connectivity index (χ1v) is 7.00. The third-order valence-electron chi connectivity index (χ3n) is 3.48. The smallest absolute Gasteiger partial charge is 0.274 e. The third-order valence-corrected chi connectivity index (χ3v) is 3.48. The Hall–Kier alpha value is -1.65. The number of anilines is 1. The maximum Gasteiger partial charge on any atom is 0.274 e. The van der Waals surface area contributed by atoms with E-state index in [1.807, 2.05) is 11.0 Å². The standard InChI is InChI=1S/C14H22N4O/c1-4-7-15-13-6-5-12(16-17-13)14(19)18-9-10(2)8-11(18)3/h5-6,10-11H,4,7-9H2,1-3H3,(H,15,17). The summed E-state index contributed by atoms with van der Waals surface area (Å²) in [5.41, 5.74) is 0.433. The summed E-state index contributed by atoms with van der Waals surface area (Å²) in [7, 11) is 0. The molecule has 1 amide bonds. The SMILES string of the molecule is CCCNc1ccc(C(=O)N2CC(C)CC2C)nn1. The van der Waals surface area contributed by atoms with Crippen LogP contribution in [-0.2, 0) is 0 Å². The van der Waals surface area contributed by atoms with Crippen molar-refractivity contribution in [2.45, 2.75) is 39.7 Å². The molecule has 0 bridgehead atoms. The average Bonchev–Trinajstić information content (AvgIpc) is 2.75. The van der Waals surface area contributed by atoms with E-state index in [4.69, 9.17) is 0 Å². The van der Waals surface area contributed by atoms with Crippen LogP contribution in [0, 0.1) is 5.92 Å². The molecule has 0 aromatic carbocycles. The number of nitrogens with one attached hydrogen (secondary N) is 1. The number of likely N-dealkylation sites (tertiary alicyclic amines) is 1. The predicted molar refractivity (Wildman–Crippen MR) is 75.1 cm³/mol. The molecule has 1 aromatic rings. The van der Waals surface area contributed by atoms with Gasteiger partial charge in [0.2, 0.25) is 0 Å². The second-order valence-corrected chi connectivity index (χ2v) is 5.38. The van der Waals surface area contributed by atoms with Gasteiger partial charge < -0.3 is 10.2 Å². The lowest BCUT2D eigenvalue weighted by atomic mass is 10.1. The summed E-state index contributed by atoms with van der Waals surface area (Å²) in [4.78, 5) is 14.2. The summed E-state index contributed by atoms with van der Waals surface area (Å²) in [6, 6.07) is 3.87. The molecule has 5 heteroatoms. The number of amides is 1. The van der Waals surface area contributed by atoms with Gasteiger partial charge in [0, 0.05) is 19.1 Å². The normalized spacial score (nSPS) is 22.6. The molecule has 5 nitrogen and oxygen atoms in total. The number of rotatable bonds is 4. The van der Waals surface area contributed by atoms with Crippen LogP contribution in [-0.4, -0.2) is 40.1 Å². The van der Waals surface area contributed by atoms with Crippen molar-refractivity contribution in [2.75, 3.05) is 18.4 Å². The predicted octanol–water partition coefficient (Wildman–Crippen LogP) is 2.17. The van der Waals surface area contributed by atoms with Gasteiger partial charge in [0.1, 0.15) is 5.82 Å². The van der Waals surface area contributed by atoms with E-state index in [2.05, 4.69) is 36.3 Å². The highest BCUT2D eigenvalue weighted by atomic mass is 16.2. The zero-order chi connectivity index (χ0) is 13.8. The van der Waals surface area contributed by atoms with Gasteiger partial charge in [-0.25, -0.2) is 0 Å². The molecule has 1 N–H and O–H groups in total. The third kappa shape index (κ3) is 3.22. The first-order valence-electron chi connectivity index (χ1n) is 7.00. The summed E-state index contributed by atoms with van der Waals surface area (Å²) in [6.45, 7) is 8.04. The second-order valence-electron chi connectivity index (χ2n) is 5.38. The first kappa shape index (κ1) is 13.8. The van der Waals surface area contributed by atoms with E-state index in [9.17, 15) is 4.79 Å². The molecule has 1 saturated heterocycles. The molecule has 1 aliphatic heterocycles. The minimum Gasteiger partial charge on any atom is -0.369 e. The molecule has 0 saturated carbocycles. The van der Waals surface area contributed by atoms with Gasteiger partial charge in [-0.2, -0.15) is 0 Å². The largest absolute Gasteiger partial charge is 0.369 e. The molecule has 0 radical (unpaired) electrons. The van der Waals surface area contributed by atoms with Crippen LogP contribution in [0.25, 0.3) is 0 Å². The van der Waals surface area contributed by atoms with Crippen molar-refractivity contribution < 1.29 is 4.79 Å². The number of aromatic nitrogens is 2. The minimum atomic E-state index is -0.00797. The van der Waals surface area contributed by atoms with Crippen LogP contribution in [0.15, 0.2) is 12.1 Å². The number of carbonyl (C=O) groups is 1. The Bertz CT molecular complexity index is 432. The van der Waals surface area contributed by atoms with Crippen molar-refractivity contribution in [1.82, 2.24) is 15.1 Å². The highest BCUT2D eigenvalue weighted by molar-refractivity contribution is 5.92. The fraction of sp³-hybridized carbons (Fsp3) is 0.643. The van der Waals surface area contributed by atoms with E-state index < -0.39 is 0 Å². The van der Waals surface area contributed by atoms with Crippen LogP contribution in [0.1, 0.15) is 44.1 Å². The molecule has 2 rings (SSSR count). The van der Waals surface area contributed by atoms with E-state index in [1.54, 1.807) is 6.07 Å². The number of nitrogens with zero attached hydrogens (tertiary/aromatic N) is 3. The highest BCUT2D eigenvalue weighted by Crippen LogP contribution is 2.23. The van der Waals surface area contributed by atoms with Crippen LogP contribution < -0.4 is 5.32 Å². The molecular formula is C14H22N4O. The average molecular weight is 262 g/mol. The summed E-state index contributed by atoms with van der Waals surface area (Å²) in [5.74, 6) is 1.28. The van der Waals surface area contributed by atoms with Crippen molar-refractivity contribution in [1.29, 1.82) is 0 Å². The Labute approximate surface area is 114 Å². The lowest BCUT2D eigenvalue weighted by Gasteiger charge is -2.20. The van der Waals surface area contributed by atoms with Gasteiger partial charge in [0.25, 0.3) is 5.91 Å². The lowest BCUT2D eigenvalue weighted by Crippen LogP contribution is -2.34. The molecule has 2 atom stereocenters. The van der Waals surface area contributed by atoms with Crippen molar-refractivity contribution in [3.8, 4) is 0 Å². The number of hydrogen-bond donors (Lipinski definition) is 1. The van der Waals surface area contributed by atoms with E-state index in [-0.39, 0.29) is 5.91 Å². The fourth-order valence-electron chi connectivity index (χ4n) is 2.52. The maximum absolute atomic E-state index is 12.3. The molecule has 2 heterocycles. The van der Waals surface area contributed by atoms with Gasteiger partial charge in [0.05, 0.1) is 0 Å². The van der Waals surface area contributed by atoms with Crippen molar-refractivity contribution in [2.24, 2.45) is 5.92 Å². The van der Waals surface area contributed by atoms with Crippen molar-refractivity contribution in [3.63, 3.8) is 0 Å². The van der Waals surface area contributed by atoms with Crippen LogP contribution in [0.2, 0.25) is 0 Å². The van der Waals surface area contributed by atoms with Crippen LogP contribution in [0.4, 0.5) is 5.82 Å². The Morgan fingerprint density at radius 3 is 2.74 bits per heavy atom. The highest BCUT2D eigenvalue weighted by Gasteiger charge is 2.31. The molecule has 2 unspecified atom stereocenters. The number of carbonyl (C=O) groups excluding carboxylic acids is 1. The molecule has 1 fully saturated rings. The quantitative estimate of drug-likeness (QED) is 0.903. The first-order chi connectivity index (χ1) is 9.11. The minimum absolute atomic E-state index is 0.00797.